The van der Waals surface area contributed by atoms with E-state index in [1.165, 1.54) is 0 Å². The highest BCUT2D eigenvalue weighted by molar-refractivity contribution is 6.10. The number of para-hydroxylation sites is 2. The number of fused-ring (bicyclic) bond motifs is 4. The van der Waals surface area contributed by atoms with Crippen LogP contribution in [0.2, 0.25) is 0 Å². The summed E-state index contributed by atoms with van der Waals surface area (Å²) in [5, 5.41) is 6.22. The topological polar surface area (TPSA) is 61.4 Å². The number of nitrogens with one attached hydrogen (secondary N) is 2. The van der Waals surface area contributed by atoms with Gasteiger partial charge in [-0.1, -0.05) is 36.4 Å². The number of nitrogens with zero attached hydrogens (tertiary/aromatic N) is 1. The van der Waals surface area contributed by atoms with Gasteiger partial charge in [0.2, 0.25) is 11.8 Å². The molecule has 2 saturated heterocycles. The maximum atomic E-state index is 13.5. The predicted molar refractivity (Wildman–Crippen MR) is 109 cm³/mol. The van der Waals surface area contributed by atoms with Gasteiger partial charge in [0.1, 0.15) is 5.54 Å². The minimum atomic E-state index is -0.890. The molecular weight excluding hydrogens is 350 g/mol. The quantitative estimate of drug-likeness (QED) is 0.844. The summed E-state index contributed by atoms with van der Waals surface area (Å²) in [6, 6.07) is 14.1. The van der Waals surface area contributed by atoms with Crippen LogP contribution in [0.3, 0.4) is 0 Å². The van der Waals surface area contributed by atoms with Crippen molar-refractivity contribution in [1.29, 1.82) is 0 Å². The van der Waals surface area contributed by atoms with E-state index in [0.717, 1.165) is 53.9 Å². The highest BCUT2D eigenvalue weighted by Crippen LogP contribution is 2.55. The minimum absolute atomic E-state index is 0.0558. The van der Waals surface area contributed by atoms with Crippen LogP contribution in [0.15, 0.2) is 42.5 Å². The third-order valence-electron chi connectivity index (χ3n) is 6.82. The maximum Gasteiger partial charge on any atom is 0.250 e. The van der Waals surface area contributed by atoms with Crippen molar-refractivity contribution in [1.82, 2.24) is 4.90 Å². The summed E-state index contributed by atoms with van der Waals surface area (Å²) in [4.78, 5) is 29.2. The number of rotatable bonds is 2. The molecule has 0 bridgehead atoms. The van der Waals surface area contributed by atoms with Gasteiger partial charge < -0.3 is 10.6 Å². The van der Waals surface area contributed by atoms with Gasteiger partial charge in [-0.3, -0.25) is 14.5 Å². The largest absolute Gasteiger partial charge is 0.325 e. The Balaban J connectivity index is 1.59. The second kappa shape index (κ2) is 6.17. The third-order valence-corrected chi connectivity index (χ3v) is 6.82. The fraction of sp³-hybridized carbons (Fsp3) is 0.391. The fourth-order valence-electron chi connectivity index (χ4n) is 5.60. The lowest BCUT2D eigenvalue weighted by molar-refractivity contribution is -0.135. The first-order valence-corrected chi connectivity index (χ1v) is 10.1. The van der Waals surface area contributed by atoms with Crippen molar-refractivity contribution < 1.29 is 9.59 Å². The molecule has 0 radical (unpaired) electrons. The van der Waals surface area contributed by atoms with Crippen LogP contribution in [0.25, 0.3) is 0 Å². The fourth-order valence-corrected chi connectivity index (χ4v) is 5.60. The highest BCUT2D eigenvalue weighted by Gasteiger charge is 2.65. The zero-order chi connectivity index (χ0) is 19.5. The standard InChI is InChI=1S/C23H25N3O2/c1-14-7-5-8-15(2)20(14)25-21(27)18-13-16-9-6-12-26(16)23(18)17-10-3-4-11-19(17)24-22(23)28/h3-5,7-8,10-11,16,18H,6,9,12-13H2,1-2H3,(H,24,28)(H,25,27). The minimum Gasteiger partial charge on any atom is -0.325 e. The first kappa shape index (κ1) is 17.4. The second-order valence-corrected chi connectivity index (χ2v) is 8.30. The van der Waals surface area contributed by atoms with Gasteiger partial charge in [0.15, 0.2) is 0 Å². The maximum absolute atomic E-state index is 13.5. The zero-order valence-electron chi connectivity index (χ0n) is 16.3. The molecule has 3 heterocycles. The highest BCUT2D eigenvalue weighted by atomic mass is 16.2. The Hall–Kier alpha value is -2.66. The number of aryl methyl sites for hydroxylation is 2. The van der Waals surface area contributed by atoms with Crippen molar-refractivity contribution in [2.75, 3.05) is 17.2 Å². The van der Waals surface area contributed by atoms with E-state index in [-0.39, 0.29) is 17.9 Å². The van der Waals surface area contributed by atoms with Gasteiger partial charge >= 0.3 is 0 Å². The monoisotopic (exact) mass is 375 g/mol. The molecule has 2 aromatic rings. The van der Waals surface area contributed by atoms with Gasteiger partial charge in [-0.2, -0.15) is 0 Å². The lowest BCUT2D eigenvalue weighted by Gasteiger charge is -2.36. The molecule has 2 fully saturated rings. The van der Waals surface area contributed by atoms with Crippen LogP contribution >= 0.6 is 0 Å². The van der Waals surface area contributed by atoms with Gasteiger partial charge in [0.25, 0.3) is 0 Å². The molecule has 0 aromatic heterocycles. The number of benzene rings is 2. The summed E-state index contributed by atoms with van der Waals surface area (Å²) in [6.45, 7) is 4.87. The molecule has 2 aromatic carbocycles. The summed E-state index contributed by atoms with van der Waals surface area (Å²) in [7, 11) is 0. The summed E-state index contributed by atoms with van der Waals surface area (Å²) in [5.74, 6) is -0.515. The molecule has 28 heavy (non-hydrogen) atoms. The first-order chi connectivity index (χ1) is 13.5. The molecule has 2 N–H and O–H groups in total. The normalized spacial score (nSPS) is 28.3. The zero-order valence-corrected chi connectivity index (χ0v) is 16.3. The molecule has 5 rings (SSSR count). The lowest BCUT2D eigenvalue weighted by atomic mass is 9.78. The molecule has 3 aliphatic rings. The summed E-state index contributed by atoms with van der Waals surface area (Å²) < 4.78 is 0. The van der Waals surface area contributed by atoms with Crippen LogP contribution in [-0.2, 0) is 15.1 Å². The van der Waals surface area contributed by atoms with Gasteiger partial charge in [-0.15, -0.1) is 0 Å². The lowest BCUT2D eigenvalue weighted by Crippen LogP contribution is -2.53. The number of carbonyl (C=O) groups excluding carboxylic acids is 2. The van der Waals surface area contributed by atoms with E-state index in [9.17, 15) is 9.59 Å². The van der Waals surface area contributed by atoms with Crippen molar-refractivity contribution in [3.63, 3.8) is 0 Å². The molecule has 3 atom stereocenters. The molecule has 3 unspecified atom stereocenters. The van der Waals surface area contributed by atoms with E-state index in [0.29, 0.717) is 0 Å². The summed E-state index contributed by atoms with van der Waals surface area (Å²) in [5.41, 5.74) is 3.84. The molecular formula is C23H25N3O2. The van der Waals surface area contributed by atoms with Gasteiger partial charge in [-0.05, 0) is 56.8 Å². The van der Waals surface area contributed by atoms with Gasteiger partial charge in [0.05, 0.1) is 5.92 Å². The average Bonchev–Trinajstić information content (AvgIpc) is 3.33. The predicted octanol–water partition coefficient (Wildman–Crippen LogP) is 3.57. The van der Waals surface area contributed by atoms with Crippen LogP contribution < -0.4 is 10.6 Å². The van der Waals surface area contributed by atoms with E-state index in [4.69, 9.17) is 0 Å². The van der Waals surface area contributed by atoms with E-state index in [1.807, 2.05) is 56.3 Å². The Kier molecular flexibility index (Phi) is 3.85. The third kappa shape index (κ3) is 2.23. The van der Waals surface area contributed by atoms with E-state index in [2.05, 4.69) is 15.5 Å². The second-order valence-electron chi connectivity index (χ2n) is 8.30. The Labute approximate surface area is 165 Å². The van der Waals surface area contributed by atoms with Crippen molar-refractivity contribution in [3.05, 3.63) is 59.2 Å². The van der Waals surface area contributed by atoms with E-state index in [1.54, 1.807) is 0 Å². The van der Waals surface area contributed by atoms with Crippen LogP contribution in [0, 0.1) is 19.8 Å². The summed E-state index contributed by atoms with van der Waals surface area (Å²) >= 11 is 0. The number of anilines is 2. The van der Waals surface area contributed by atoms with Crippen molar-refractivity contribution in [2.24, 2.45) is 5.92 Å². The average molecular weight is 375 g/mol. The summed E-state index contributed by atoms with van der Waals surface area (Å²) in [6.07, 6.45) is 2.84. The molecule has 2 amide bonds. The number of hydrogen-bond acceptors (Lipinski definition) is 3. The van der Waals surface area contributed by atoms with Gasteiger partial charge in [0, 0.05) is 23.0 Å². The Morgan fingerprint density at radius 1 is 1.14 bits per heavy atom. The molecule has 5 nitrogen and oxygen atoms in total. The van der Waals surface area contributed by atoms with E-state index >= 15 is 0 Å². The van der Waals surface area contributed by atoms with E-state index < -0.39 is 11.5 Å². The van der Waals surface area contributed by atoms with Crippen LogP contribution in [-0.4, -0.2) is 29.3 Å². The molecule has 144 valence electrons. The number of hydrogen-bond donors (Lipinski definition) is 2. The van der Waals surface area contributed by atoms with Gasteiger partial charge in [-0.25, -0.2) is 0 Å². The van der Waals surface area contributed by atoms with Crippen molar-refractivity contribution >= 4 is 23.2 Å². The molecule has 3 aliphatic heterocycles. The van der Waals surface area contributed by atoms with Crippen molar-refractivity contribution in [2.45, 2.75) is 44.7 Å². The van der Waals surface area contributed by atoms with Crippen LogP contribution in [0.5, 0.6) is 0 Å². The molecule has 0 aliphatic carbocycles. The first-order valence-electron chi connectivity index (χ1n) is 10.1. The number of carbonyl (C=O) groups is 2. The SMILES string of the molecule is Cc1cccc(C)c1NC(=O)C1CC2CCCN2C12C(=O)Nc1ccccc12. The Bertz CT molecular complexity index is 965. The Morgan fingerprint density at radius 3 is 2.68 bits per heavy atom. The molecule has 1 spiro atoms. The van der Waals surface area contributed by atoms with Crippen LogP contribution in [0.4, 0.5) is 11.4 Å². The molecule has 0 saturated carbocycles. The number of amides is 2. The van der Waals surface area contributed by atoms with Crippen LogP contribution in [0.1, 0.15) is 36.0 Å². The Morgan fingerprint density at radius 2 is 1.89 bits per heavy atom. The molecule has 5 heteroatoms. The van der Waals surface area contributed by atoms with Crippen molar-refractivity contribution in [3.8, 4) is 0 Å². The smallest absolute Gasteiger partial charge is 0.250 e.